The summed E-state index contributed by atoms with van der Waals surface area (Å²) in [7, 11) is 0. The number of aliphatic carboxylic acids is 1. The third-order valence-corrected chi connectivity index (χ3v) is 3.85. The van der Waals surface area contributed by atoms with Crippen LogP contribution in [0.15, 0.2) is 29.6 Å². The second kappa shape index (κ2) is 5.31. The monoisotopic (exact) mass is 261 g/mol. The Kier molecular flexibility index (Phi) is 3.77. The van der Waals surface area contributed by atoms with Gasteiger partial charge in [-0.1, -0.05) is 31.2 Å². The minimum absolute atomic E-state index is 0.551. The summed E-state index contributed by atoms with van der Waals surface area (Å²) in [6.45, 7) is 3.77. The summed E-state index contributed by atoms with van der Waals surface area (Å²) in [5.41, 5.74) is 2.96. The van der Waals surface area contributed by atoms with Crippen molar-refractivity contribution in [2.45, 2.75) is 26.2 Å². The van der Waals surface area contributed by atoms with Crippen LogP contribution in [-0.4, -0.2) is 16.1 Å². The lowest BCUT2D eigenvalue weighted by molar-refractivity contribution is -0.138. The molecule has 0 radical (unpaired) electrons. The zero-order valence-electron chi connectivity index (χ0n) is 10.4. The van der Waals surface area contributed by atoms with Gasteiger partial charge in [-0.05, 0) is 18.9 Å². The molecule has 0 aliphatic heterocycles. The van der Waals surface area contributed by atoms with Crippen molar-refractivity contribution in [3.8, 4) is 10.6 Å². The first-order valence-corrected chi connectivity index (χ1v) is 6.77. The van der Waals surface area contributed by atoms with Crippen molar-refractivity contribution in [3.63, 3.8) is 0 Å². The van der Waals surface area contributed by atoms with Gasteiger partial charge in [0, 0.05) is 10.9 Å². The second-order valence-electron chi connectivity index (χ2n) is 4.19. The van der Waals surface area contributed by atoms with E-state index in [1.54, 1.807) is 6.92 Å². The van der Waals surface area contributed by atoms with Gasteiger partial charge in [-0.15, -0.1) is 11.3 Å². The van der Waals surface area contributed by atoms with E-state index < -0.39 is 11.9 Å². The number of hydrogen-bond donors (Lipinski definition) is 1. The Hall–Kier alpha value is -1.68. The van der Waals surface area contributed by atoms with E-state index in [0.29, 0.717) is 5.69 Å². The molecule has 0 bridgehead atoms. The van der Waals surface area contributed by atoms with Crippen molar-refractivity contribution in [1.29, 1.82) is 0 Å². The maximum atomic E-state index is 10.9. The van der Waals surface area contributed by atoms with Gasteiger partial charge in [-0.3, -0.25) is 4.79 Å². The highest BCUT2D eigenvalue weighted by Crippen LogP contribution is 2.27. The molecule has 1 aromatic heterocycles. The predicted molar refractivity (Wildman–Crippen MR) is 73.0 cm³/mol. The number of carbonyl (C=O) groups is 1. The fourth-order valence-electron chi connectivity index (χ4n) is 1.63. The Morgan fingerprint density at radius 3 is 2.61 bits per heavy atom. The lowest BCUT2D eigenvalue weighted by atomic mass is 10.1. The molecule has 1 unspecified atom stereocenters. The normalized spacial score (nSPS) is 12.3. The van der Waals surface area contributed by atoms with E-state index in [1.165, 1.54) is 16.9 Å². The van der Waals surface area contributed by atoms with Crippen LogP contribution in [0, 0.1) is 0 Å². The topological polar surface area (TPSA) is 50.2 Å². The molecule has 3 nitrogen and oxygen atoms in total. The van der Waals surface area contributed by atoms with Gasteiger partial charge in [-0.25, -0.2) is 4.98 Å². The van der Waals surface area contributed by atoms with Crippen LogP contribution in [0.4, 0.5) is 0 Å². The Balaban J connectivity index is 2.26. The molecule has 0 aliphatic carbocycles. The highest BCUT2D eigenvalue weighted by atomic mass is 32.1. The highest BCUT2D eigenvalue weighted by Gasteiger charge is 2.17. The van der Waals surface area contributed by atoms with Gasteiger partial charge in [0.05, 0.1) is 11.6 Å². The van der Waals surface area contributed by atoms with Gasteiger partial charge in [0.1, 0.15) is 5.01 Å². The van der Waals surface area contributed by atoms with Gasteiger partial charge in [0.2, 0.25) is 0 Å². The fraction of sp³-hybridized carbons (Fsp3) is 0.286. The van der Waals surface area contributed by atoms with Crippen LogP contribution in [0.3, 0.4) is 0 Å². The Morgan fingerprint density at radius 1 is 1.39 bits per heavy atom. The SMILES string of the molecule is CCc1ccc(-c2nc(C(C)C(=O)O)cs2)cc1. The molecule has 0 saturated heterocycles. The maximum absolute atomic E-state index is 10.9. The molecule has 4 heteroatoms. The zero-order valence-corrected chi connectivity index (χ0v) is 11.2. The molecule has 1 heterocycles. The smallest absolute Gasteiger partial charge is 0.312 e. The van der Waals surface area contributed by atoms with Crippen molar-refractivity contribution >= 4 is 17.3 Å². The highest BCUT2D eigenvalue weighted by molar-refractivity contribution is 7.13. The number of thiazole rings is 1. The summed E-state index contributed by atoms with van der Waals surface area (Å²) in [5, 5.41) is 11.6. The first-order valence-electron chi connectivity index (χ1n) is 5.89. The average Bonchev–Trinajstić information content (AvgIpc) is 2.87. The molecule has 2 aromatic rings. The molecule has 0 saturated carbocycles. The number of hydrogen-bond acceptors (Lipinski definition) is 3. The van der Waals surface area contributed by atoms with Crippen LogP contribution in [-0.2, 0) is 11.2 Å². The van der Waals surface area contributed by atoms with E-state index in [9.17, 15) is 4.79 Å². The van der Waals surface area contributed by atoms with Crippen LogP contribution in [0.25, 0.3) is 10.6 Å². The summed E-state index contributed by atoms with van der Waals surface area (Å²) in [5.74, 6) is -1.39. The van der Waals surface area contributed by atoms with E-state index in [4.69, 9.17) is 5.11 Å². The summed E-state index contributed by atoms with van der Waals surface area (Å²) >= 11 is 1.49. The first kappa shape index (κ1) is 12.8. The zero-order chi connectivity index (χ0) is 13.1. The van der Waals surface area contributed by atoms with E-state index in [2.05, 4.69) is 24.0 Å². The van der Waals surface area contributed by atoms with Crippen LogP contribution in [0.1, 0.15) is 31.0 Å². The second-order valence-corrected chi connectivity index (χ2v) is 5.05. The number of benzene rings is 1. The van der Waals surface area contributed by atoms with Crippen LogP contribution < -0.4 is 0 Å². The predicted octanol–water partition coefficient (Wildman–Crippen LogP) is 3.56. The molecule has 94 valence electrons. The molecule has 2 rings (SSSR count). The Morgan fingerprint density at radius 2 is 2.06 bits per heavy atom. The van der Waals surface area contributed by atoms with E-state index in [-0.39, 0.29) is 0 Å². The average molecular weight is 261 g/mol. The van der Waals surface area contributed by atoms with E-state index in [1.807, 2.05) is 17.5 Å². The molecule has 0 aliphatic rings. The van der Waals surface area contributed by atoms with Crippen LogP contribution in [0.2, 0.25) is 0 Å². The molecule has 1 aromatic carbocycles. The van der Waals surface area contributed by atoms with Crippen molar-refractivity contribution in [3.05, 3.63) is 40.9 Å². The molecule has 0 spiro atoms. The quantitative estimate of drug-likeness (QED) is 0.915. The minimum Gasteiger partial charge on any atom is -0.481 e. The number of carboxylic acid groups (broad SMARTS) is 1. The third kappa shape index (κ3) is 2.59. The number of nitrogens with zero attached hydrogens (tertiary/aromatic N) is 1. The molecule has 1 atom stereocenters. The third-order valence-electron chi connectivity index (χ3n) is 2.95. The molecule has 1 N–H and O–H groups in total. The van der Waals surface area contributed by atoms with Crippen LogP contribution in [0.5, 0.6) is 0 Å². The molecule has 0 amide bonds. The van der Waals surface area contributed by atoms with Gasteiger partial charge in [0.25, 0.3) is 0 Å². The summed E-state index contributed by atoms with van der Waals surface area (Å²) in [6.07, 6.45) is 1.01. The summed E-state index contributed by atoms with van der Waals surface area (Å²) < 4.78 is 0. The fourth-order valence-corrected chi connectivity index (χ4v) is 2.55. The summed E-state index contributed by atoms with van der Waals surface area (Å²) in [4.78, 5) is 15.3. The first-order chi connectivity index (χ1) is 8.61. The maximum Gasteiger partial charge on any atom is 0.312 e. The van der Waals surface area contributed by atoms with Gasteiger partial charge in [-0.2, -0.15) is 0 Å². The lowest BCUT2D eigenvalue weighted by Crippen LogP contribution is -2.07. The number of rotatable bonds is 4. The number of aromatic nitrogens is 1. The minimum atomic E-state index is -0.840. The summed E-state index contributed by atoms with van der Waals surface area (Å²) in [6, 6.07) is 8.23. The van der Waals surface area contributed by atoms with Crippen molar-refractivity contribution in [2.24, 2.45) is 0 Å². The number of aryl methyl sites for hydroxylation is 1. The van der Waals surface area contributed by atoms with E-state index in [0.717, 1.165) is 17.0 Å². The lowest BCUT2D eigenvalue weighted by Gasteiger charge is -2.01. The Labute approximate surface area is 110 Å². The molecular weight excluding hydrogens is 246 g/mol. The van der Waals surface area contributed by atoms with Crippen molar-refractivity contribution in [1.82, 2.24) is 4.98 Å². The number of carboxylic acids is 1. The van der Waals surface area contributed by atoms with Crippen molar-refractivity contribution in [2.75, 3.05) is 0 Å². The van der Waals surface area contributed by atoms with Crippen molar-refractivity contribution < 1.29 is 9.90 Å². The molecule has 18 heavy (non-hydrogen) atoms. The van der Waals surface area contributed by atoms with Gasteiger partial charge >= 0.3 is 5.97 Å². The van der Waals surface area contributed by atoms with Gasteiger partial charge in [0.15, 0.2) is 0 Å². The molecular formula is C14H15NO2S. The van der Waals surface area contributed by atoms with E-state index >= 15 is 0 Å². The standard InChI is InChI=1S/C14H15NO2S/c1-3-10-4-6-11(7-5-10)13-15-12(8-18-13)9(2)14(16)17/h4-9H,3H2,1-2H3,(H,16,17). The van der Waals surface area contributed by atoms with Gasteiger partial charge < -0.3 is 5.11 Å². The largest absolute Gasteiger partial charge is 0.481 e. The Bertz CT molecular complexity index is 545. The van der Waals surface area contributed by atoms with Crippen LogP contribution >= 0.6 is 11.3 Å². The molecule has 0 fully saturated rings.